The molecule has 1 aliphatic carbocycles. The van der Waals surface area contributed by atoms with Crippen molar-refractivity contribution in [3.05, 3.63) is 47.3 Å². The summed E-state index contributed by atoms with van der Waals surface area (Å²) in [7, 11) is 0. The van der Waals surface area contributed by atoms with Gasteiger partial charge in [0.2, 0.25) is 0 Å². The molecule has 2 aliphatic rings. The third-order valence-corrected chi connectivity index (χ3v) is 5.08. The van der Waals surface area contributed by atoms with Crippen LogP contribution in [0.4, 0.5) is 0 Å². The summed E-state index contributed by atoms with van der Waals surface area (Å²) in [5.74, 6) is -0.720. The van der Waals surface area contributed by atoms with Crippen LogP contribution >= 0.6 is 0 Å². The normalized spacial score (nSPS) is 17.4. The van der Waals surface area contributed by atoms with Crippen LogP contribution in [-0.2, 0) is 27.1 Å². The van der Waals surface area contributed by atoms with E-state index in [9.17, 15) is 9.59 Å². The highest BCUT2D eigenvalue weighted by atomic mass is 16.5. The highest BCUT2D eigenvalue weighted by Gasteiger charge is 2.31. The zero-order valence-electron chi connectivity index (χ0n) is 15.4. The van der Waals surface area contributed by atoms with Gasteiger partial charge < -0.3 is 14.4 Å². The molecule has 0 saturated carbocycles. The highest BCUT2D eigenvalue weighted by molar-refractivity contribution is 5.92. The molecule has 1 aromatic carbocycles. The second-order valence-electron chi connectivity index (χ2n) is 6.86. The Morgan fingerprint density at radius 2 is 1.89 bits per heavy atom. The molecule has 1 aliphatic heterocycles. The Hall–Kier alpha value is -2.67. The molecule has 0 unspecified atom stereocenters. The summed E-state index contributed by atoms with van der Waals surface area (Å²) in [4.78, 5) is 26.9. The van der Waals surface area contributed by atoms with Crippen LogP contribution in [-0.4, -0.2) is 59.0 Å². The quantitative estimate of drug-likeness (QED) is 0.768. The standard InChI is InChI=1S/C20H23N3O4/c1-14(19(24)22-10-12-26-13-11-22)27-20(25)18-16-8-5-9-17(16)23(21-18)15-6-3-2-4-7-15/h2-4,6-7,14H,5,8-13H2,1H3/t14-/m1/s1. The maximum absolute atomic E-state index is 12.8. The Bertz CT molecular complexity index is 840. The molecule has 0 spiro atoms. The lowest BCUT2D eigenvalue weighted by Gasteiger charge is -2.28. The minimum absolute atomic E-state index is 0.189. The number of carbonyl (C=O) groups is 2. The van der Waals surface area contributed by atoms with Gasteiger partial charge in [-0.05, 0) is 38.3 Å². The van der Waals surface area contributed by atoms with Gasteiger partial charge in [-0.25, -0.2) is 9.48 Å². The van der Waals surface area contributed by atoms with Crippen LogP contribution in [0.25, 0.3) is 5.69 Å². The van der Waals surface area contributed by atoms with Gasteiger partial charge in [-0.1, -0.05) is 18.2 Å². The smallest absolute Gasteiger partial charge is 0.359 e. The summed E-state index contributed by atoms with van der Waals surface area (Å²) >= 11 is 0. The molecular formula is C20H23N3O4. The first kappa shape index (κ1) is 17.7. The van der Waals surface area contributed by atoms with Gasteiger partial charge in [0.15, 0.2) is 11.8 Å². The Balaban J connectivity index is 1.53. The molecule has 1 amide bonds. The molecule has 0 radical (unpaired) electrons. The summed E-state index contributed by atoms with van der Waals surface area (Å²) in [6, 6.07) is 9.76. The fourth-order valence-corrected chi connectivity index (χ4v) is 3.69. The van der Waals surface area contributed by atoms with Crippen LogP contribution in [0.15, 0.2) is 30.3 Å². The number of amides is 1. The molecular weight excluding hydrogens is 346 g/mol. The molecule has 1 fully saturated rings. The van der Waals surface area contributed by atoms with Crippen LogP contribution in [0.1, 0.15) is 35.1 Å². The lowest BCUT2D eigenvalue weighted by atomic mass is 10.2. The Kier molecular flexibility index (Phi) is 4.94. The van der Waals surface area contributed by atoms with Crippen LogP contribution in [0, 0.1) is 0 Å². The molecule has 1 atom stereocenters. The van der Waals surface area contributed by atoms with Gasteiger partial charge in [0.25, 0.3) is 5.91 Å². The van der Waals surface area contributed by atoms with Crippen molar-refractivity contribution in [1.29, 1.82) is 0 Å². The number of hydrogen-bond donors (Lipinski definition) is 0. The lowest BCUT2D eigenvalue weighted by Crippen LogP contribution is -2.46. The predicted octanol–water partition coefficient (Wildman–Crippen LogP) is 1.77. The Labute approximate surface area is 157 Å². The van der Waals surface area contributed by atoms with Crippen LogP contribution < -0.4 is 0 Å². The number of para-hydroxylation sites is 1. The van der Waals surface area contributed by atoms with Gasteiger partial charge in [0.1, 0.15) is 0 Å². The summed E-state index contributed by atoms with van der Waals surface area (Å²) in [6.07, 6.45) is 1.84. The average molecular weight is 369 g/mol. The molecule has 0 N–H and O–H groups in total. The van der Waals surface area contributed by atoms with E-state index in [1.165, 1.54) is 0 Å². The average Bonchev–Trinajstić information content (AvgIpc) is 3.31. The number of esters is 1. The van der Waals surface area contributed by atoms with Gasteiger partial charge in [-0.2, -0.15) is 5.10 Å². The zero-order valence-corrected chi connectivity index (χ0v) is 15.4. The number of nitrogens with zero attached hydrogens (tertiary/aromatic N) is 3. The molecule has 7 nitrogen and oxygen atoms in total. The van der Waals surface area contributed by atoms with Gasteiger partial charge in [-0.15, -0.1) is 0 Å². The maximum Gasteiger partial charge on any atom is 0.359 e. The van der Waals surface area contributed by atoms with Crippen LogP contribution in [0.5, 0.6) is 0 Å². The largest absolute Gasteiger partial charge is 0.448 e. The molecule has 7 heteroatoms. The molecule has 1 aromatic heterocycles. The lowest BCUT2D eigenvalue weighted by molar-refractivity contribution is -0.143. The summed E-state index contributed by atoms with van der Waals surface area (Å²) in [5, 5.41) is 4.52. The third kappa shape index (κ3) is 3.47. The van der Waals surface area contributed by atoms with Gasteiger partial charge in [0, 0.05) is 24.3 Å². The summed E-state index contributed by atoms with van der Waals surface area (Å²) in [6.45, 7) is 3.70. The van der Waals surface area contributed by atoms with E-state index in [2.05, 4.69) is 5.10 Å². The van der Waals surface area contributed by atoms with Gasteiger partial charge in [0.05, 0.1) is 18.9 Å². The molecule has 0 bridgehead atoms. The van der Waals surface area contributed by atoms with E-state index in [-0.39, 0.29) is 5.91 Å². The summed E-state index contributed by atoms with van der Waals surface area (Å²) < 4.78 is 12.6. The summed E-state index contributed by atoms with van der Waals surface area (Å²) in [5.41, 5.74) is 3.25. The molecule has 1 saturated heterocycles. The topological polar surface area (TPSA) is 73.7 Å². The van der Waals surface area contributed by atoms with Crippen molar-refractivity contribution in [2.45, 2.75) is 32.3 Å². The van der Waals surface area contributed by atoms with Crippen molar-refractivity contribution in [1.82, 2.24) is 14.7 Å². The fourth-order valence-electron chi connectivity index (χ4n) is 3.69. The second-order valence-corrected chi connectivity index (χ2v) is 6.86. The number of fused-ring (bicyclic) bond motifs is 1. The van der Waals surface area contributed by atoms with Crippen molar-refractivity contribution < 1.29 is 19.1 Å². The first-order chi connectivity index (χ1) is 13.1. The number of ether oxygens (including phenoxy) is 2. The van der Waals surface area contributed by atoms with E-state index >= 15 is 0 Å². The van der Waals surface area contributed by atoms with Crippen LogP contribution in [0.2, 0.25) is 0 Å². The molecule has 142 valence electrons. The zero-order chi connectivity index (χ0) is 18.8. The Morgan fingerprint density at radius 3 is 2.63 bits per heavy atom. The first-order valence-electron chi connectivity index (χ1n) is 9.39. The number of morpholine rings is 1. The van der Waals surface area contributed by atoms with E-state index in [4.69, 9.17) is 9.47 Å². The van der Waals surface area contributed by atoms with Crippen molar-refractivity contribution in [2.24, 2.45) is 0 Å². The number of rotatable bonds is 4. The van der Waals surface area contributed by atoms with Crippen molar-refractivity contribution in [3.63, 3.8) is 0 Å². The number of aromatic nitrogens is 2. The minimum atomic E-state index is -0.838. The van der Waals surface area contributed by atoms with Crippen molar-refractivity contribution in [3.8, 4) is 5.69 Å². The number of carbonyl (C=O) groups excluding carboxylic acids is 2. The molecule has 4 rings (SSSR count). The third-order valence-electron chi connectivity index (χ3n) is 5.08. The Morgan fingerprint density at radius 1 is 1.15 bits per heavy atom. The van der Waals surface area contributed by atoms with Crippen molar-refractivity contribution in [2.75, 3.05) is 26.3 Å². The molecule has 2 aromatic rings. The number of benzene rings is 1. The van der Waals surface area contributed by atoms with E-state index < -0.39 is 12.1 Å². The fraction of sp³-hybridized carbons (Fsp3) is 0.450. The SMILES string of the molecule is C[C@@H](OC(=O)c1nn(-c2ccccc2)c2c1CCC2)C(=O)N1CCOCC1. The van der Waals surface area contributed by atoms with Crippen LogP contribution in [0.3, 0.4) is 0 Å². The maximum atomic E-state index is 12.8. The predicted molar refractivity (Wildman–Crippen MR) is 97.9 cm³/mol. The molecule has 27 heavy (non-hydrogen) atoms. The monoisotopic (exact) mass is 369 g/mol. The number of hydrogen-bond acceptors (Lipinski definition) is 5. The highest BCUT2D eigenvalue weighted by Crippen LogP contribution is 2.28. The van der Waals surface area contributed by atoms with Crippen molar-refractivity contribution >= 4 is 11.9 Å². The van der Waals surface area contributed by atoms with Gasteiger partial charge in [-0.3, -0.25) is 4.79 Å². The van der Waals surface area contributed by atoms with E-state index in [1.54, 1.807) is 11.8 Å². The van der Waals surface area contributed by atoms with E-state index in [0.717, 1.165) is 36.2 Å². The minimum Gasteiger partial charge on any atom is -0.448 e. The van der Waals surface area contributed by atoms with E-state index in [0.29, 0.717) is 32.0 Å². The van der Waals surface area contributed by atoms with E-state index in [1.807, 2.05) is 35.0 Å². The van der Waals surface area contributed by atoms with Gasteiger partial charge >= 0.3 is 5.97 Å². The molecule has 2 heterocycles. The second kappa shape index (κ2) is 7.52. The first-order valence-corrected chi connectivity index (χ1v) is 9.39.